The number of nitrogens with zero attached hydrogens (tertiary/aromatic N) is 4. The van der Waals surface area contributed by atoms with Gasteiger partial charge in [-0.05, 0) is 33.6 Å². The first-order chi connectivity index (χ1) is 17.6. The third-order valence-corrected chi connectivity index (χ3v) is 8.98. The fourth-order valence-corrected chi connectivity index (χ4v) is 7.25. The highest BCUT2D eigenvalue weighted by molar-refractivity contribution is 7.51. The molecule has 6 atom stereocenters. The third-order valence-electron chi connectivity index (χ3n) is 6.82. The summed E-state index contributed by atoms with van der Waals surface area (Å²) in [5.41, 5.74) is 6.68. The van der Waals surface area contributed by atoms with Gasteiger partial charge >= 0.3 is 13.7 Å². The van der Waals surface area contributed by atoms with Crippen molar-refractivity contribution in [2.24, 2.45) is 5.92 Å². The number of ether oxygens (including phenoxy) is 3. The van der Waals surface area contributed by atoms with Crippen LogP contribution in [0.2, 0.25) is 0 Å². The summed E-state index contributed by atoms with van der Waals surface area (Å²) in [6.45, 7) is 5.70. The quantitative estimate of drug-likeness (QED) is 0.277. The van der Waals surface area contributed by atoms with Gasteiger partial charge in [-0.3, -0.25) is 18.4 Å². The molecule has 1 unspecified atom stereocenters. The second-order valence-electron chi connectivity index (χ2n) is 9.78. The number of halogens is 1. The smallest absolute Gasteiger partial charge is 0.406 e. The van der Waals surface area contributed by atoms with Crippen molar-refractivity contribution < 1.29 is 32.6 Å². The molecular formula is C22H32ClN6O7P. The summed E-state index contributed by atoms with van der Waals surface area (Å²) in [6.07, 6.45) is 3.11. The van der Waals surface area contributed by atoms with Crippen molar-refractivity contribution in [3.8, 4) is 5.88 Å². The average molecular weight is 559 g/mol. The Morgan fingerprint density at radius 3 is 2.89 bits per heavy atom. The molecule has 2 aromatic rings. The number of carbonyl (C=O) groups is 1. The summed E-state index contributed by atoms with van der Waals surface area (Å²) in [4.78, 5) is 23.8. The molecule has 0 bridgehead atoms. The van der Waals surface area contributed by atoms with Crippen LogP contribution in [0.4, 0.5) is 5.95 Å². The first kappa shape index (κ1) is 26.6. The number of aromatic nitrogens is 4. The molecule has 0 amide bonds. The van der Waals surface area contributed by atoms with Crippen molar-refractivity contribution >= 4 is 42.4 Å². The molecule has 3 aliphatic rings. The Labute approximate surface area is 219 Å². The molecule has 204 valence electrons. The SMILES string of the molecule is CCOc1nc(N)nc2c1ncn2[C@@H]1O[C@@H]2CO[P@](=O)(N[C@H](C)COC(=O)C3CCCC3)OC2[C@@]1(C)Cl. The summed E-state index contributed by atoms with van der Waals surface area (Å²) >= 11 is 7.00. The van der Waals surface area contributed by atoms with Gasteiger partial charge in [-0.25, -0.2) is 14.6 Å². The Hall–Kier alpha value is -2.02. The molecule has 13 nitrogen and oxygen atoms in total. The van der Waals surface area contributed by atoms with Gasteiger partial charge in [0.15, 0.2) is 17.4 Å². The zero-order chi connectivity index (χ0) is 26.4. The summed E-state index contributed by atoms with van der Waals surface area (Å²) in [7, 11) is -3.78. The van der Waals surface area contributed by atoms with Gasteiger partial charge in [0.2, 0.25) is 11.8 Å². The highest BCUT2D eigenvalue weighted by Gasteiger charge is 2.60. The zero-order valence-electron chi connectivity index (χ0n) is 21.0. The summed E-state index contributed by atoms with van der Waals surface area (Å²) in [5.74, 6) is -0.00774. The first-order valence-corrected chi connectivity index (χ1v) is 14.4. The molecule has 4 heterocycles. The molecule has 1 aliphatic carbocycles. The van der Waals surface area contributed by atoms with E-state index in [9.17, 15) is 9.36 Å². The normalized spacial score (nSPS) is 32.9. The number of nitrogens with two attached hydrogens (primary N) is 1. The van der Waals surface area contributed by atoms with Crippen LogP contribution in [0.3, 0.4) is 0 Å². The molecule has 15 heteroatoms. The number of hydrogen-bond acceptors (Lipinski definition) is 11. The predicted octanol–water partition coefficient (Wildman–Crippen LogP) is 2.94. The fourth-order valence-electron chi connectivity index (χ4n) is 5.04. The Kier molecular flexibility index (Phi) is 7.38. The summed E-state index contributed by atoms with van der Waals surface area (Å²) in [6, 6.07) is -0.471. The molecule has 0 aromatic carbocycles. The number of rotatable bonds is 8. The Balaban J connectivity index is 1.29. The average Bonchev–Trinajstić information content (AvgIpc) is 3.57. The van der Waals surface area contributed by atoms with Crippen molar-refractivity contribution in [1.29, 1.82) is 0 Å². The second kappa shape index (κ2) is 10.3. The Bertz CT molecular complexity index is 1210. The van der Waals surface area contributed by atoms with Gasteiger partial charge in [-0.2, -0.15) is 9.97 Å². The van der Waals surface area contributed by atoms with E-state index >= 15 is 0 Å². The molecule has 2 saturated heterocycles. The molecule has 0 spiro atoms. The van der Waals surface area contributed by atoms with E-state index in [-0.39, 0.29) is 36.9 Å². The number of imidazole rings is 1. The van der Waals surface area contributed by atoms with E-state index in [0.29, 0.717) is 17.8 Å². The van der Waals surface area contributed by atoms with E-state index in [0.717, 1.165) is 25.7 Å². The number of hydrogen-bond donors (Lipinski definition) is 2. The van der Waals surface area contributed by atoms with E-state index in [1.165, 1.54) is 6.33 Å². The van der Waals surface area contributed by atoms with Crippen LogP contribution in [-0.2, 0) is 27.9 Å². The topological polar surface area (TPSA) is 162 Å². The van der Waals surface area contributed by atoms with Gasteiger partial charge in [0.25, 0.3) is 0 Å². The number of esters is 1. The van der Waals surface area contributed by atoms with E-state index < -0.39 is 37.1 Å². The Morgan fingerprint density at radius 2 is 2.16 bits per heavy atom. The fraction of sp³-hybridized carbons (Fsp3) is 0.727. The van der Waals surface area contributed by atoms with Crippen molar-refractivity contribution in [3.63, 3.8) is 0 Å². The minimum atomic E-state index is -3.78. The van der Waals surface area contributed by atoms with Crippen LogP contribution in [0.25, 0.3) is 11.2 Å². The van der Waals surface area contributed by atoms with E-state index in [2.05, 4.69) is 20.0 Å². The largest absolute Gasteiger partial charge is 0.476 e. The predicted molar refractivity (Wildman–Crippen MR) is 133 cm³/mol. The third kappa shape index (κ3) is 5.17. The minimum absolute atomic E-state index is 0.0142. The summed E-state index contributed by atoms with van der Waals surface area (Å²) in [5, 5.41) is 2.85. The lowest BCUT2D eigenvalue weighted by atomic mass is 10.0. The van der Waals surface area contributed by atoms with Gasteiger partial charge in [0.1, 0.15) is 23.7 Å². The minimum Gasteiger partial charge on any atom is -0.476 e. The van der Waals surface area contributed by atoms with Crippen LogP contribution in [0, 0.1) is 5.92 Å². The van der Waals surface area contributed by atoms with Crippen molar-refractivity contribution in [3.05, 3.63) is 6.33 Å². The van der Waals surface area contributed by atoms with Crippen LogP contribution >= 0.6 is 19.3 Å². The van der Waals surface area contributed by atoms with Crippen molar-refractivity contribution in [2.45, 2.75) is 75.8 Å². The molecule has 1 saturated carbocycles. The molecule has 37 heavy (non-hydrogen) atoms. The van der Waals surface area contributed by atoms with Crippen LogP contribution in [0.5, 0.6) is 5.88 Å². The van der Waals surface area contributed by atoms with Crippen molar-refractivity contribution in [1.82, 2.24) is 24.6 Å². The highest BCUT2D eigenvalue weighted by atomic mass is 35.5. The van der Waals surface area contributed by atoms with E-state index in [4.69, 9.17) is 40.6 Å². The number of nitrogen functional groups attached to an aromatic ring is 1. The number of alkyl halides is 1. The lowest BCUT2D eigenvalue weighted by Crippen LogP contribution is -2.46. The number of fused-ring (bicyclic) bond motifs is 2. The van der Waals surface area contributed by atoms with Crippen molar-refractivity contribution in [2.75, 3.05) is 25.6 Å². The Morgan fingerprint density at radius 1 is 1.41 bits per heavy atom. The van der Waals surface area contributed by atoms with Gasteiger partial charge in [-0.15, -0.1) is 11.6 Å². The molecule has 5 rings (SSSR count). The molecular weight excluding hydrogens is 527 g/mol. The molecule has 0 radical (unpaired) electrons. The number of nitrogens with one attached hydrogen (secondary N) is 1. The van der Waals surface area contributed by atoms with Gasteiger partial charge < -0.3 is 19.9 Å². The van der Waals surface area contributed by atoms with Gasteiger partial charge in [0.05, 0.1) is 25.5 Å². The van der Waals surface area contributed by atoms with Gasteiger partial charge in [-0.1, -0.05) is 12.8 Å². The maximum Gasteiger partial charge on any atom is 0.406 e. The second-order valence-corrected chi connectivity index (χ2v) is 12.3. The molecule has 3 N–H and O–H groups in total. The lowest BCUT2D eigenvalue weighted by Gasteiger charge is -2.36. The monoisotopic (exact) mass is 558 g/mol. The number of carbonyl (C=O) groups excluding carboxylic acids is 1. The summed E-state index contributed by atoms with van der Waals surface area (Å²) < 4.78 is 43.8. The number of anilines is 1. The van der Waals surface area contributed by atoms with E-state index in [1.807, 2.05) is 6.92 Å². The van der Waals surface area contributed by atoms with Crippen LogP contribution in [-0.4, -0.2) is 68.4 Å². The highest BCUT2D eigenvalue weighted by Crippen LogP contribution is 2.57. The maximum absolute atomic E-state index is 13.5. The molecule has 2 aliphatic heterocycles. The van der Waals surface area contributed by atoms with E-state index in [1.54, 1.807) is 18.4 Å². The van der Waals surface area contributed by atoms with Crippen LogP contribution in [0.15, 0.2) is 6.33 Å². The first-order valence-electron chi connectivity index (χ1n) is 12.5. The van der Waals surface area contributed by atoms with Crippen LogP contribution < -0.4 is 15.6 Å². The molecule has 3 fully saturated rings. The standard InChI is InChI=1S/C22H32ClN6O7P/c1-4-32-18-15-17(26-21(24)27-18)29(11-25-15)20-22(3,23)16-14(35-20)10-34-37(31,36-16)28-12(2)9-33-19(30)13-7-5-6-8-13/h11-14,16,20H,4-10H2,1-3H3,(H,28,31)(H2,24,26,27)/t12-,14-,16?,20-,22-,37-/m1/s1. The van der Waals surface area contributed by atoms with Gasteiger partial charge in [0, 0.05) is 6.04 Å². The lowest BCUT2D eigenvalue weighted by molar-refractivity contribution is -0.148. The zero-order valence-corrected chi connectivity index (χ0v) is 22.6. The maximum atomic E-state index is 13.5. The van der Waals surface area contributed by atoms with Crippen LogP contribution in [0.1, 0.15) is 52.7 Å². The molecule has 2 aromatic heterocycles.